The third-order valence-electron chi connectivity index (χ3n) is 4.32. The molecule has 1 aromatic heterocycles. The van der Waals surface area contributed by atoms with Crippen molar-refractivity contribution in [1.29, 1.82) is 0 Å². The molecular weight excluding hydrogens is 332 g/mol. The van der Waals surface area contributed by atoms with E-state index in [9.17, 15) is 0 Å². The molecule has 1 aliphatic rings. The number of aromatic nitrogens is 2. The molecule has 0 amide bonds. The maximum Gasteiger partial charge on any atom is 0.169 e. The minimum Gasteiger partial charge on any atom is -0.363 e. The monoisotopic (exact) mass is 364 g/mol. The van der Waals surface area contributed by atoms with Crippen LogP contribution in [0.4, 0.5) is 5.82 Å². The van der Waals surface area contributed by atoms with Crippen molar-refractivity contribution >= 4 is 23.1 Å². The Balaban J connectivity index is 1.84. The first-order chi connectivity index (χ1) is 11.9. The maximum absolute atomic E-state index is 5.54. The summed E-state index contributed by atoms with van der Waals surface area (Å²) >= 11 is 5.54. The lowest BCUT2D eigenvalue weighted by Gasteiger charge is -2.37. The van der Waals surface area contributed by atoms with E-state index in [1.807, 2.05) is 6.92 Å². The van der Waals surface area contributed by atoms with Gasteiger partial charge in [-0.25, -0.2) is 9.97 Å². The second-order valence-electron chi connectivity index (χ2n) is 7.24. The smallest absolute Gasteiger partial charge is 0.169 e. The summed E-state index contributed by atoms with van der Waals surface area (Å²) in [4.78, 5) is 16.1. The molecule has 0 saturated carbocycles. The van der Waals surface area contributed by atoms with Crippen LogP contribution in [0.1, 0.15) is 37.7 Å². The van der Waals surface area contributed by atoms with Crippen LogP contribution in [-0.4, -0.2) is 78.2 Å². The lowest BCUT2D eigenvalue weighted by atomic mass is 10.2. The number of rotatable bonds is 6. The van der Waals surface area contributed by atoms with E-state index in [0.29, 0.717) is 5.92 Å². The highest BCUT2D eigenvalue weighted by molar-refractivity contribution is 7.80. The van der Waals surface area contributed by atoms with Gasteiger partial charge in [-0.1, -0.05) is 13.8 Å². The quantitative estimate of drug-likeness (QED) is 0.611. The highest BCUT2D eigenvalue weighted by Gasteiger charge is 2.20. The molecule has 2 rings (SSSR count). The molecule has 1 N–H and O–H groups in total. The van der Waals surface area contributed by atoms with Crippen molar-refractivity contribution in [2.75, 3.05) is 58.3 Å². The summed E-state index contributed by atoms with van der Waals surface area (Å²) in [6.45, 7) is 12.1. The van der Waals surface area contributed by atoms with Gasteiger partial charge < -0.3 is 20.0 Å². The topological polar surface area (TPSA) is 47.5 Å². The Morgan fingerprint density at radius 3 is 2.52 bits per heavy atom. The van der Waals surface area contributed by atoms with Gasteiger partial charge in [-0.2, -0.15) is 0 Å². The SMILES string of the molecule is Cc1cc(N2CCN(C(=S)NCCCN(C)C)CC2)nc(C(C)C)n1. The van der Waals surface area contributed by atoms with Crippen LogP contribution < -0.4 is 10.2 Å². The number of aryl methyl sites for hydroxylation is 1. The van der Waals surface area contributed by atoms with Crippen LogP contribution in [0.3, 0.4) is 0 Å². The van der Waals surface area contributed by atoms with Crippen molar-refractivity contribution in [3.63, 3.8) is 0 Å². The molecule has 1 aromatic rings. The molecule has 0 spiro atoms. The van der Waals surface area contributed by atoms with Crippen LogP contribution in [0, 0.1) is 6.92 Å². The fourth-order valence-electron chi connectivity index (χ4n) is 2.84. The predicted octanol–water partition coefficient (Wildman–Crippen LogP) is 1.86. The Kier molecular flexibility index (Phi) is 7.38. The number of nitrogens with one attached hydrogen (secondary N) is 1. The zero-order chi connectivity index (χ0) is 18.4. The van der Waals surface area contributed by atoms with Gasteiger partial charge in [0, 0.05) is 50.4 Å². The number of hydrogen-bond donors (Lipinski definition) is 1. The highest BCUT2D eigenvalue weighted by atomic mass is 32.1. The molecule has 0 atom stereocenters. The Hall–Kier alpha value is -1.47. The third kappa shape index (κ3) is 6.08. The number of nitrogens with zero attached hydrogens (tertiary/aromatic N) is 5. The minimum absolute atomic E-state index is 0.346. The molecule has 1 fully saturated rings. The van der Waals surface area contributed by atoms with Crippen molar-refractivity contribution in [2.24, 2.45) is 0 Å². The number of anilines is 1. The van der Waals surface area contributed by atoms with Gasteiger partial charge in [-0.15, -0.1) is 0 Å². The van der Waals surface area contributed by atoms with E-state index in [1.165, 1.54) is 0 Å². The van der Waals surface area contributed by atoms with Crippen LogP contribution in [0.25, 0.3) is 0 Å². The summed E-state index contributed by atoms with van der Waals surface area (Å²) in [5.41, 5.74) is 1.04. The van der Waals surface area contributed by atoms with E-state index in [4.69, 9.17) is 17.2 Å². The average Bonchev–Trinajstić information content (AvgIpc) is 2.58. The third-order valence-corrected chi connectivity index (χ3v) is 4.73. The lowest BCUT2D eigenvalue weighted by molar-refractivity contribution is 0.372. The fraction of sp³-hybridized carbons (Fsp3) is 0.722. The van der Waals surface area contributed by atoms with E-state index >= 15 is 0 Å². The second-order valence-corrected chi connectivity index (χ2v) is 7.63. The largest absolute Gasteiger partial charge is 0.363 e. The van der Waals surface area contributed by atoms with Gasteiger partial charge in [-0.05, 0) is 46.2 Å². The molecule has 7 heteroatoms. The van der Waals surface area contributed by atoms with Gasteiger partial charge in [0.1, 0.15) is 11.6 Å². The molecule has 1 saturated heterocycles. The Labute approximate surface area is 157 Å². The Morgan fingerprint density at radius 1 is 1.24 bits per heavy atom. The number of thiocarbonyl (C=S) groups is 1. The van der Waals surface area contributed by atoms with E-state index in [1.54, 1.807) is 0 Å². The van der Waals surface area contributed by atoms with Crippen molar-refractivity contribution in [3.8, 4) is 0 Å². The van der Waals surface area contributed by atoms with Crippen molar-refractivity contribution in [3.05, 3.63) is 17.6 Å². The Morgan fingerprint density at radius 2 is 1.92 bits per heavy atom. The summed E-state index contributed by atoms with van der Waals surface area (Å²) in [6.07, 6.45) is 1.10. The molecule has 0 aromatic carbocycles. The molecule has 0 unspecified atom stereocenters. The average molecular weight is 365 g/mol. The molecule has 0 bridgehead atoms. The lowest BCUT2D eigenvalue weighted by Crippen LogP contribution is -2.52. The van der Waals surface area contributed by atoms with Gasteiger partial charge in [0.2, 0.25) is 0 Å². The van der Waals surface area contributed by atoms with Gasteiger partial charge in [0.25, 0.3) is 0 Å². The van der Waals surface area contributed by atoms with Crippen LogP contribution >= 0.6 is 12.2 Å². The fourth-order valence-corrected chi connectivity index (χ4v) is 3.12. The normalized spacial score (nSPS) is 15.2. The summed E-state index contributed by atoms with van der Waals surface area (Å²) < 4.78 is 0. The van der Waals surface area contributed by atoms with Gasteiger partial charge in [0.15, 0.2) is 5.11 Å². The first kappa shape index (κ1) is 19.8. The molecule has 6 nitrogen and oxygen atoms in total. The van der Waals surface area contributed by atoms with Crippen LogP contribution in [0.5, 0.6) is 0 Å². The number of piperazine rings is 1. The summed E-state index contributed by atoms with van der Waals surface area (Å²) in [5.74, 6) is 2.31. The standard InChI is InChI=1S/C18H32N6S/c1-14(2)17-20-15(3)13-16(21-17)23-9-11-24(12-10-23)18(25)19-7-6-8-22(4)5/h13-14H,6-12H2,1-5H3,(H,19,25). The van der Waals surface area contributed by atoms with Crippen molar-refractivity contribution in [1.82, 2.24) is 25.1 Å². The first-order valence-electron chi connectivity index (χ1n) is 9.15. The van der Waals surface area contributed by atoms with E-state index in [0.717, 1.165) is 68.1 Å². The first-order valence-corrected chi connectivity index (χ1v) is 9.55. The molecule has 1 aliphatic heterocycles. The molecule has 140 valence electrons. The zero-order valence-electron chi connectivity index (χ0n) is 16.2. The van der Waals surface area contributed by atoms with Gasteiger partial charge in [0.05, 0.1) is 0 Å². The van der Waals surface area contributed by atoms with E-state index in [2.05, 4.69) is 59.0 Å². The van der Waals surface area contributed by atoms with E-state index < -0.39 is 0 Å². The maximum atomic E-state index is 5.54. The molecule has 0 aliphatic carbocycles. The van der Waals surface area contributed by atoms with Gasteiger partial charge >= 0.3 is 0 Å². The molecule has 0 radical (unpaired) electrons. The Bertz CT molecular complexity index is 567. The highest BCUT2D eigenvalue weighted by Crippen LogP contribution is 2.18. The predicted molar refractivity (Wildman–Crippen MR) is 108 cm³/mol. The second kappa shape index (κ2) is 9.29. The summed E-state index contributed by atoms with van der Waals surface area (Å²) in [7, 11) is 4.19. The van der Waals surface area contributed by atoms with Crippen molar-refractivity contribution in [2.45, 2.75) is 33.1 Å². The molecule has 2 heterocycles. The summed E-state index contributed by atoms with van der Waals surface area (Å²) in [5, 5.41) is 4.26. The van der Waals surface area contributed by atoms with Crippen molar-refractivity contribution < 1.29 is 0 Å². The van der Waals surface area contributed by atoms with Gasteiger partial charge in [-0.3, -0.25) is 0 Å². The minimum atomic E-state index is 0.346. The van der Waals surface area contributed by atoms with E-state index in [-0.39, 0.29) is 0 Å². The zero-order valence-corrected chi connectivity index (χ0v) is 17.1. The van der Waals surface area contributed by atoms with Crippen LogP contribution in [-0.2, 0) is 0 Å². The summed E-state index contributed by atoms with van der Waals surface area (Å²) in [6, 6.07) is 2.08. The van der Waals surface area contributed by atoms with Crippen LogP contribution in [0.15, 0.2) is 6.07 Å². The van der Waals surface area contributed by atoms with Crippen LogP contribution in [0.2, 0.25) is 0 Å². The number of hydrogen-bond acceptors (Lipinski definition) is 5. The molecular formula is C18H32N6S. The molecule has 25 heavy (non-hydrogen) atoms.